The summed E-state index contributed by atoms with van der Waals surface area (Å²) in [7, 11) is 0.214. The predicted octanol–water partition coefficient (Wildman–Crippen LogP) is 6.90. The van der Waals surface area contributed by atoms with E-state index in [1.165, 1.54) is 32.1 Å². The van der Waals surface area contributed by atoms with E-state index in [1.807, 2.05) is 10.6 Å². The van der Waals surface area contributed by atoms with Crippen LogP contribution in [0.15, 0.2) is 22.8 Å². The van der Waals surface area contributed by atoms with Crippen LogP contribution in [0.4, 0.5) is 0 Å². The summed E-state index contributed by atoms with van der Waals surface area (Å²) in [6.07, 6.45) is 12.6. The molecule has 0 spiro atoms. The van der Waals surface area contributed by atoms with E-state index in [-0.39, 0.29) is 15.8 Å². The van der Waals surface area contributed by atoms with Crippen LogP contribution in [0.1, 0.15) is 66.7 Å². The third-order valence-electron chi connectivity index (χ3n) is 5.85. The molecule has 2 fully saturated rings. The summed E-state index contributed by atoms with van der Waals surface area (Å²) in [5, 5.41) is 3.74. The van der Waals surface area contributed by atoms with E-state index in [2.05, 4.69) is 46.8 Å². The van der Waals surface area contributed by atoms with E-state index in [0.29, 0.717) is 0 Å². The molecule has 0 bridgehead atoms. The lowest BCUT2D eigenvalue weighted by molar-refractivity contribution is 0.732. The van der Waals surface area contributed by atoms with E-state index >= 15 is 0 Å². The molecular formula is C19H32P2. The van der Waals surface area contributed by atoms with Crippen molar-refractivity contribution in [3.63, 3.8) is 0 Å². The van der Waals surface area contributed by atoms with Crippen LogP contribution in [0.5, 0.6) is 0 Å². The molecule has 5 atom stereocenters. The van der Waals surface area contributed by atoms with Gasteiger partial charge in [-0.3, -0.25) is 0 Å². The van der Waals surface area contributed by atoms with Gasteiger partial charge >= 0.3 is 0 Å². The zero-order valence-electron chi connectivity index (χ0n) is 14.5. The van der Waals surface area contributed by atoms with Gasteiger partial charge in [0.1, 0.15) is 0 Å². The molecule has 0 saturated carbocycles. The van der Waals surface area contributed by atoms with Crippen molar-refractivity contribution in [3.05, 3.63) is 22.8 Å². The van der Waals surface area contributed by atoms with Crippen LogP contribution in [0.25, 0.3) is 0 Å². The van der Waals surface area contributed by atoms with Crippen molar-refractivity contribution in [2.24, 2.45) is 5.92 Å². The second-order valence-electron chi connectivity index (χ2n) is 7.72. The summed E-state index contributed by atoms with van der Waals surface area (Å²) in [5.41, 5.74) is 3.83. The Morgan fingerprint density at radius 3 is 1.62 bits per heavy atom. The number of hydrogen-bond acceptors (Lipinski definition) is 0. The maximum absolute atomic E-state index is 2.71. The summed E-state index contributed by atoms with van der Waals surface area (Å²) in [6.45, 7) is 12.5. The van der Waals surface area contributed by atoms with Gasteiger partial charge in [-0.1, -0.05) is 62.6 Å². The third-order valence-corrected chi connectivity index (χ3v) is 12.8. The van der Waals surface area contributed by atoms with E-state index in [4.69, 9.17) is 0 Å². The van der Waals surface area contributed by atoms with Crippen molar-refractivity contribution < 1.29 is 0 Å². The Labute approximate surface area is 134 Å². The van der Waals surface area contributed by atoms with Gasteiger partial charge in [0.05, 0.1) is 0 Å². The minimum atomic E-state index is 0.103. The topological polar surface area (TPSA) is 0 Å². The SMILES string of the molecule is CC1C=C(P2[C@@H](C)CC[C@@H]2C)C(P2[C@@H](C)CC[C@@H]2C)=CC1. The first-order valence-electron chi connectivity index (χ1n) is 8.98. The van der Waals surface area contributed by atoms with Crippen molar-refractivity contribution in [1.29, 1.82) is 0 Å². The molecular weight excluding hydrogens is 290 g/mol. The average Bonchev–Trinajstić information content (AvgIpc) is 2.94. The van der Waals surface area contributed by atoms with Gasteiger partial charge in [-0.25, -0.2) is 0 Å². The Hall–Kier alpha value is 0.340. The molecule has 0 aromatic carbocycles. The zero-order chi connectivity index (χ0) is 15.1. The highest BCUT2D eigenvalue weighted by Gasteiger charge is 2.40. The van der Waals surface area contributed by atoms with Crippen LogP contribution in [0.3, 0.4) is 0 Å². The normalized spacial score (nSPS) is 42.2. The molecule has 3 rings (SSSR count). The molecule has 0 aromatic heterocycles. The minimum absolute atomic E-state index is 0.103. The Balaban J connectivity index is 1.93. The fourth-order valence-corrected chi connectivity index (χ4v) is 12.1. The summed E-state index contributed by atoms with van der Waals surface area (Å²) < 4.78 is 0. The Morgan fingerprint density at radius 2 is 1.14 bits per heavy atom. The van der Waals surface area contributed by atoms with Crippen LogP contribution in [0, 0.1) is 5.92 Å². The molecule has 2 saturated heterocycles. The van der Waals surface area contributed by atoms with Crippen molar-refractivity contribution in [1.82, 2.24) is 0 Å². The number of hydrogen-bond donors (Lipinski definition) is 0. The fraction of sp³-hybridized carbons (Fsp3) is 0.789. The highest BCUT2D eigenvalue weighted by atomic mass is 31.1. The predicted molar refractivity (Wildman–Crippen MR) is 100 cm³/mol. The van der Waals surface area contributed by atoms with Crippen LogP contribution in [-0.4, -0.2) is 22.6 Å². The maximum Gasteiger partial charge on any atom is -0.0195 e. The fourth-order valence-electron chi connectivity index (χ4n) is 4.62. The van der Waals surface area contributed by atoms with Gasteiger partial charge in [0, 0.05) is 0 Å². The van der Waals surface area contributed by atoms with Crippen molar-refractivity contribution in [2.75, 3.05) is 0 Å². The zero-order valence-corrected chi connectivity index (χ0v) is 16.3. The smallest absolute Gasteiger partial charge is 0.0195 e. The molecule has 0 N–H and O–H groups in total. The highest BCUT2D eigenvalue weighted by molar-refractivity contribution is 7.69. The van der Waals surface area contributed by atoms with E-state index < -0.39 is 0 Å². The molecule has 0 nitrogen and oxygen atoms in total. The van der Waals surface area contributed by atoms with Crippen molar-refractivity contribution in [3.8, 4) is 0 Å². The highest BCUT2D eigenvalue weighted by Crippen LogP contribution is 2.72. The van der Waals surface area contributed by atoms with E-state index in [1.54, 1.807) is 0 Å². The van der Waals surface area contributed by atoms with Gasteiger partial charge in [0.2, 0.25) is 0 Å². The molecule has 0 aromatic rings. The van der Waals surface area contributed by atoms with Crippen LogP contribution >= 0.6 is 15.8 Å². The van der Waals surface area contributed by atoms with Gasteiger partial charge in [0.25, 0.3) is 0 Å². The van der Waals surface area contributed by atoms with Gasteiger partial charge in [-0.05, 0) is 71.3 Å². The van der Waals surface area contributed by atoms with Crippen molar-refractivity contribution >= 4 is 15.8 Å². The molecule has 118 valence electrons. The van der Waals surface area contributed by atoms with E-state index in [0.717, 1.165) is 28.6 Å². The van der Waals surface area contributed by atoms with Crippen LogP contribution in [-0.2, 0) is 0 Å². The van der Waals surface area contributed by atoms with Gasteiger partial charge in [-0.2, -0.15) is 0 Å². The first-order chi connectivity index (χ1) is 9.99. The second-order valence-corrected chi connectivity index (χ2v) is 13.8. The molecule has 21 heavy (non-hydrogen) atoms. The standard InChI is InChI=1S/C19H32P2/c1-13-6-11-18(20-14(2)7-8-15(20)3)19(12-13)21-16(4)9-10-17(21)5/h11-17H,6-10H2,1-5H3/t13?,14-,15-,16-,17-/m0/s1. The summed E-state index contributed by atoms with van der Waals surface area (Å²) in [4.78, 5) is 0. The molecule has 1 aliphatic carbocycles. The molecule has 0 amide bonds. The molecule has 2 aliphatic heterocycles. The number of rotatable bonds is 2. The minimum Gasteiger partial charge on any atom is -0.0756 e. The second kappa shape index (κ2) is 6.45. The maximum atomic E-state index is 2.71. The largest absolute Gasteiger partial charge is 0.0756 e. The Morgan fingerprint density at radius 1 is 0.714 bits per heavy atom. The lowest BCUT2D eigenvalue weighted by Gasteiger charge is -2.35. The molecule has 1 unspecified atom stereocenters. The van der Waals surface area contributed by atoms with Crippen LogP contribution in [0.2, 0.25) is 0 Å². The Kier molecular flexibility index (Phi) is 4.98. The average molecular weight is 322 g/mol. The van der Waals surface area contributed by atoms with E-state index in [9.17, 15) is 0 Å². The number of allylic oxidation sites excluding steroid dienone is 4. The summed E-state index contributed by atoms with van der Waals surface area (Å²) >= 11 is 0. The van der Waals surface area contributed by atoms with Crippen molar-refractivity contribution in [2.45, 2.75) is 89.4 Å². The summed E-state index contributed by atoms with van der Waals surface area (Å²) in [6, 6.07) is 0. The molecule has 0 radical (unpaired) electrons. The lowest BCUT2D eigenvalue weighted by atomic mass is 10.0. The molecule has 3 aliphatic rings. The van der Waals surface area contributed by atoms with Gasteiger partial charge in [0.15, 0.2) is 0 Å². The first-order valence-corrected chi connectivity index (χ1v) is 11.9. The Bertz CT molecular complexity index is 430. The lowest BCUT2D eigenvalue weighted by Crippen LogP contribution is -2.10. The molecule has 2 heteroatoms. The monoisotopic (exact) mass is 322 g/mol. The third kappa shape index (κ3) is 3.05. The first kappa shape index (κ1) is 16.2. The quantitative estimate of drug-likeness (QED) is 0.485. The van der Waals surface area contributed by atoms with Gasteiger partial charge in [-0.15, -0.1) is 0 Å². The molecule has 2 heterocycles. The van der Waals surface area contributed by atoms with Gasteiger partial charge < -0.3 is 0 Å². The summed E-state index contributed by atoms with van der Waals surface area (Å²) in [5.74, 6) is 0.773. The van der Waals surface area contributed by atoms with Crippen LogP contribution < -0.4 is 0 Å².